The first-order chi connectivity index (χ1) is 7.16. The molecular weight excluding hydrogens is 215 g/mol. The Morgan fingerprint density at radius 3 is 2.87 bits per heavy atom. The average Bonchev–Trinajstić information content (AvgIpc) is 2.59. The van der Waals surface area contributed by atoms with Gasteiger partial charge in [0.2, 0.25) is 0 Å². The van der Waals surface area contributed by atoms with Crippen LogP contribution < -0.4 is 11.1 Å². The van der Waals surface area contributed by atoms with E-state index in [1.165, 1.54) is 0 Å². The van der Waals surface area contributed by atoms with Gasteiger partial charge in [-0.25, -0.2) is 4.39 Å². The minimum absolute atomic E-state index is 0.155. The van der Waals surface area contributed by atoms with Crippen LogP contribution >= 0.6 is 11.6 Å². The predicted octanol–water partition coefficient (Wildman–Crippen LogP) is 2.77. The molecule has 4 heteroatoms. The van der Waals surface area contributed by atoms with Crippen LogP contribution in [0.1, 0.15) is 19.3 Å². The molecule has 0 saturated heterocycles. The molecule has 0 spiro atoms. The molecule has 2 unspecified atom stereocenters. The number of halogens is 2. The molecule has 0 radical (unpaired) electrons. The number of nitrogens with two attached hydrogens (primary N) is 1. The Hall–Kier alpha value is -0.800. The normalized spacial score (nSPS) is 25.5. The van der Waals surface area contributed by atoms with Crippen LogP contribution in [-0.2, 0) is 0 Å². The quantitative estimate of drug-likeness (QED) is 0.817. The molecule has 0 bridgehead atoms. The largest absolute Gasteiger partial charge is 0.380 e. The molecule has 2 nitrogen and oxygen atoms in total. The molecule has 0 aliphatic heterocycles. The standard InChI is InChI=1S/C11H14ClFN2/c12-9-2-1-3-10(11(9)13)15-8-5-4-7(14)6-8/h1-3,7-8,15H,4-6,14H2. The molecule has 3 N–H and O–H groups in total. The van der Waals surface area contributed by atoms with E-state index >= 15 is 0 Å². The van der Waals surface area contributed by atoms with E-state index < -0.39 is 0 Å². The molecule has 0 heterocycles. The molecule has 2 atom stereocenters. The predicted molar refractivity (Wildman–Crippen MR) is 60.6 cm³/mol. The van der Waals surface area contributed by atoms with Crippen molar-refractivity contribution >= 4 is 17.3 Å². The molecule has 1 aromatic rings. The minimum Gasteiger partial charge on any atom is -0.380 e. The van der Waals surface area contributed by atoms with Crippen molar-refractivity contribution in [1.82, 2.24) is 0 Å². The zero-order chi connectivity index (χ0) is 10.8. The van der Waals surface area contributed by atoms with E-state index in [0.29, 0.717) is 5.69 Å². The number of anilines is 1. The topological polar surface area (TPSA) is 38.0 Å². The Kier molecular flexibility index (Phi) is 3.12. The van der Waals surface area contributed by atoms with Gasteiger partial charge in [0, 0.05) is 12.1 Å². The van der Waals surface area contributed by atoms with Crippen molar-refractivity contribution in [3.05, 3.63) is 29.0 Å². The molecule has 0 aromatic heterocycles. The first kappa shape index (κ1) is 10.7. The third-order valence-electron chi connectivity index (χ3n) is 2.78. The summed E-state index contributed by atoms with van der Waals surface area (Å²) >= 11 is 5.69. The Balaban J connectivity index is 2.07. The van der Waals surface area contributed by atoms with Crippen molar-refractivity contribution in [2.24, 2.45) is 5.73 Å². The zero-order valence-corrected chi connectivity index (χ0v) is 9.10. The van der Waals surface area contributed by atoms with Gasteiger partial charge in [0.1, 0.15) is 0 Å². The smallest absolute Gasteiger partial charge is 0.164 e. The molecule has 1 fully saturated rings. The number of nitrogens with one attached hydrogen (secondary N) is 1. The number of hydrogen-bond acceptors (Lipinski definition) is 2. The fourth-order valence-corrected chi connectivity index (χ4v) is 2.16. The van der Waals surface area contributed by atoms with Crippen LogP contribution in [0.4, 0.5) is 10.1 Å². The van der Waals surface area contributed by atoms with Crippen LogP contribution in [0.5, 0.6) is 0 Å². The van der Waals surface area contributed by atoms with Gasteiger partial charge in [-0.15, -0.1) is 0 Å². The molecule has 82 valence electrons. The van der Waals surface area contributed by atoms with Crippen molar-refractivity contribution in [2.75, 3.05) is 5.32 Å². The second kappa shape index (κ2) is 4.37. The monoisotopic (exact) mass is 228 g/mol. The molecule has 1 aromatic carbocycles. The maximum absolute atomic E-state index is 13.5. The molecule has 2 rings (SSSR count). The fourth-order valence-electron chi connectivity index (χ4n) is 1.98. The molecule has 15 heavy (non-hydrogen) atoms. The van der Waals surface area contributed by atoms with Crippen LogP contribution in [0.15, 0.2) is 18.2 Å². The molecule has 1 saturated carbocycles. The van der Waals surface area contributed by atoms with Gasteiger partial charge in [0.25, 0.3) is 0 Å². The lowest BCUT2D eigenvalue weighted by Gasteiger charge is -2.14. The summed E-state index contributed by atoms with van der Waals surface area (Å²) in [6.45, 7) is 0. The highest BCUT2D eigenvalue weighted by atomic mass is 35.5. The SMILES string of the molecule is NC1CCC(Nc2cccc(Cl)c2F)C1. The molecule has 0 amide bonds. The summed E-state index contributed by atoms with van der Waals surface area (Å²) in [6, 6.07) is 5.49. The van der Waals surface area contributed by atoms with E-state index in [9.17, 15) is 4.39 Å². The highest BCUT2D eigenvalue weighted by molar-refractivity contribution is 6.31. The summed E-state index contributed by atoms with van der Waals surface area (Å²) in [5, 5.41) is 3.30. The number of rotatable bonds is 2. The van der Waals surface area contributed by atoms with Gasteiger partial charge in [-0.2, -0.15) is 0 Å². The number of hydrogen-bond donors (Lipinski definition) is 2. The first-order valence-corrected chi connectivity index (χ1v) is 5.50. The summed E-state index contributed by atoms with van der Waals surface area (Å²) < 4.78 is 13.5. The van der Waals surface area contributed by atoms with E-state index in [1.807, 2.05) is 0 Å². The number of benzene rings is 1. The van der Waals surface area contributed by atoms with Crippen LogP contribution in [-0.4, -0.2) is 12.1 Å². The van der Waals surface area contributed by atoms with E-state index in [4.69, 9.17) is 17.3 Å². The second-order valence-electron chi connectivity index (χ2n) is 4.02. The summed E-state index contributed by atoms with van der Waals surface area (Å²) in [6.07, 6.45) is 2.89. The van der Waals surface area contributed by atoms with Gasteiger partial charge in [-0.1, -0.05) is 17.7 Å². The van der Waals surface area contributed by atoms with Gasteiger partial charge in [-0.3, -0.25) is 0 Å². The molecule has 1 aliphatic carbocycles. The Morgan fingerprint density at radius 1 is 1.40 bits per heavy atom. The lowest BCUT2D eigenvalue weighted by Crippen LogP contribution is -2.21. The Labute approximate surface area is 93.6 Å². The van der Waals surface area contributed by atoms with Gasteiger partial charge < -0.3 is 11.1 Å². The third kappa shape index (κ3) is 2.41. The Bertz CT molecular complexity index is 356. The lowest BCUT2D eigenvalue weighted by molar-refractivity contribution is 0.623. The molecular formula is C11H14ClFN2. The van der Waals surface area contributed by atoms with Crippen molar-refractivity contribution in [2.45, 2.75) is 31.3 Å². The summed E-state index contributed by atoms with van der Waals surface area (Å²) in [5.41, 5.74) is 6.26. The van der Waals surface area contributed by atoms with Crippen molar-refractivity contribution < 1.29 is 4.39 Å². The average molecular weight is 229 g/mol. The Morgan fingerprint density at radius 2 is 2.20 bits per heavy atom. The third-order valence-corrected chi connectivity index (χ3v) is 3.08. The van der Waals surface area contributed by atoms with Crippen molar-refractivity contribution in [3.8, 4) is 0 Å². The maximum Gasteiger partial charge on any atom is 0.164 e. The van der Waals surface area contributed by atoms with Crippen LogP contribution in [0.25, 0.3) is 0 Å². The summed E-state index contributed by atoms with van der Waals surface area (Å²) in [5.74, 6) is -0.375. The van der Waals surface area contributed by atoms with E-state index in [1.54, 1.807) is 18.2 Å². The van der Waals surface area contributed by atoms with Gasteiger partial charge in [-0.05, 0) is 31.4 Å². The van der Waals surface area contributed by atoms with Crippen LogP contribution in [0, 0.1) is 5.82 Å². The molecule has 1 aliphatic rings. The highest BCUT2D eigenvalue weighted by Crippen LogP contribution is 2.26. The minimum atomic E-state index is -0.375. The van der Waals surface area contributed by atoms with E-state index in [0.717, 1.165) is 19.3 Å². The van der Waals surface area contributed by atoms with Crippen molar-refractivity contribution in [3.63, 3.8) is 0 Å². The fraction of sp³-hybridized carbons (Fsp3) is 0.455. The first-order valence-electron chi connectivity index (χ1n) is 5.13. The van der Waals surface area contributed by atoms with E-state index in [-0.39, 0.29) is 22.9 Å². The lowest BCUT2D eigenvalue weighted by atomic mass is 10.2. The van der Waals surface area contributed by atoms with E-state index in [2.05, 4.69) is 5.32 Å². The second-order valence-corrected chi connectivity index (χ2v) is 4.42. The maximum atomic E-state index is 13.5. The van der Waals surface area contributed by atoms with Crippen molar-refractivity contribution in [1.29, 1.82) is 0 Å². The van der Waals surface area contributed by atoms with Gasteiger partial charge >= 0.3 is 0 Å². The van der Waals surface area contributed by atoms with Crippen LogP contribution in [0.2, 0.25) is 5.02 Å². The highest BCUT2D eigenvalue weighted by Gasteiger charge is 2.22. The summed E-state index contributed by atoms with van der Waals surface area (Å²) in [7, 11) is 0. The van der Waals surface area contributed by atoms with Gasteiger partial charge in [0.15, 0.2) is 5.82 Å². The zero-order valence-electron chi connectivity index (χ0n) is 8.34. The summed E-state index contributed by atoms with van der Waals surface area (Å²) in [4.78, 5) is 0. The van der Waals surface area contributed by atoms with Gasteiger partial charge in [0.05, 0.1) is 10.7 Å². The van der Waals surface area contributed by atoms with Crippen LogP contribution in [0.3, 0.4) is 0 Å².